The first-order chi connectivity index (χ1) is 11.6. The highest BCUT2D eigenvalue weighted by molar-refractivity contribution is 6.31. The third-order valence-electron chi connectivity index (χ3n) is 3.53. The zero-order valence-corrected chi connectivity index (χ0v) is 13.9. The largest absolute Gasteiger partial charge is 0.457 e. The standard InChI is InChI=1S/C20H16ClNO2/c1-14-7-10-16(13-19(14)21)22-20(23)15-8-11-18(12-9-15)24-17-5-3-2-4-6-17/h2-13H,1H3,(H,22,23). The molecule has 4 heteroatoms. The van der Waals surface area contributed by atoms with Crippen molar-refractivity contribution in [1.82, 2.24) is 0 Å². The van der Waals surface area contributed by atoms with Crippen molar-refractivity contribution in [3.05, 3.63) is 88.9 Å². The first-order valence-corrected chi connectivity index (χ1v) is 7.90. The normalized spacial score (nSPS) is 10.2. The van der Waals surface area contributed by atoms with Gasteiger partial charge in [-0.15, -0.1) is 0 Å². The summed E-state index contributed by atoms with van der Waals surface area (Å²) in [4.78, 5) is 12.3. The van der Waals surface area contributed by atoms with E-state index in [0.717, 1.165) is 11.3 Å². The first kappa shape index (κ1) is 16.1. The molecular formula is C20H16ClNO2. The Morgan fingerprint density at radius 1 is 0.917 bits per heavy atom. The third kappa shape index (κ3) is 3.94. The molecule has 3 aromatic rings. The highest BCUT2D eigenvalue weighted by Crippen LogP contribution is 2.23. The van der Waals surface area contributed by atoms with Crippen molar-refractivity contribution >= 4 is 23.2 Å². The molecule has 0 unspecified atom stereocenters. The zero-order chi connectivity index (χ0) is 16.9. The number of carbonyl (C=O) groups is 1. The van der Waals surface area contributed by atoms with Crippen LogP contribution in [0.5, 0.6) is 11.5 Å². The number of para-hydroxylation sites is 1. The number of carbonyl (C=O) groups excluding carboxylic acids is 1. The number of halogens is 1. The second kappa shape index (κ2) is 7.20. The Balaban J connectivity index is 1.68. The Morgan fingerprint density at radius 3 is 2.25 bits per heavy atom. The summed E-state index contributed by atoms with van der Waals surface area (Å²) in [6.45, 7) is 1.92. The van der Waals surface area contributed by atoms with Crippen molar-refractivity contribution in [3.63, 3.8) is 0 Å². The minimum absolute atomic E-state index is 0.193. The lowest BCUT2D eigenvalue weighted by Gasteiger charge is -2.08. The van der Waals surface area contributed by atoms with Crippen molar-refractivity contribution in [2.75, 3.05) is 5.32 Å². The van der Waals surface area contributed by atoms with Gasteiger partial charge >= 0.3 is 0 Å². The lowest BCUT2D eigenvalue weighted by molar-refractivity contribution is 0.102. The summed E-state index contributed by atoms with van der Waals surface area (Å²) in [7, 11) is 0. The molecule has 0 saturated carbocycles. The van der Waals surface area contributed by atoms with Crippen LogP contribution >= 0.6 is 11.6 Å². The predicted octanol–water partition coefficient (Wildman–Crippen LogP) is 5.69. The van der Waals surface area contributed by atoms with E-state index < -0.39 is 0 Å². The van der Waals surface area contributed by atoms with Crippen molar-refractivity contribution in [2.45, 2.75) is 6.92 Å². The first-order valence-electron chi connectivity index (χ1n) is 7.52. The van der Waals surface area contributed by atoms with Gasteiger partial charge in [-0.1, -0.05) is 35.9 Å². The van der Waals surface area contributed by atoms with Crippen LogP contribution in [0.3, 0.4) is 0 Å². The van der Waals surface area contributed by atoms with Gasteiger partial charge in [-0.3, -0.25) is 4.79 Å². The van der Waals surface area contributed by atoms with Crippen LogP contribution in [-0.2, 0) is 0 Å². The van der Waals surface area contributed by atoms with Gasteiger partial charge in [0.2, 0.25) is 0 Å². The number of nitrogens with one attached hydrogen (secondary N) is 1. The molecule has 0 bridgehead atoms. The fourth-order valence-electron chi connectivity index (χ4n) is 2.17. The van der Waals surface area contributed by atoms with E-state index in [9.17, 15) is 4.79 Å². The van der Waals surface area contributed by atoms with E-state index in [1.165, 1.54) is 0 Å². The van der Waals surface area contributed by atoms with Crippen molar-refractivity contribution in [2.24, 2.45) is 0 Å². The van der Waals surface area contributed by atoms with Crippen LogP contribution in [-0.4, -0.2) is 5.91 Å². The van der Waals surface area contributed by atoms with Gasteiger partial charge in [0.25, 0.3) is 5.91 Å². The number of rotatable bonds is 4. The second-order valence-electron chi connectivity index (χ2n) is 5.36. The van der Waals surface area contributed by atoms with Crippen LogP contribution in [0.1, 0.15) is 15.9 Å². The van der Waals surface area contributed by atoms with Gasteiger partial charge in [0, 0.05) is 16.3 Å². The number of hydrogen-bond acceptors (Lipinski definition) is 2. The van der Waals surface area contributed by atoms with E-state index in [1.54, 1.807) is 30.3 Å². The number of benzene rings is 3. The van der Waals surface area contributed by atoms with E-state index in [0.29, 0.717) is 22.0 Å². The van der Waals surface area contributed by atoms with Crippen molar-refractivity contribution < 1.29 is 9.53 Å². The van der Waals surface area contributed by atoms with Crippen LogP contribution in [0, 0.1) is 6.92 Å². The van der Waals surface area contributed by atoms with E-state index in [4.69, 9.17) is 16.3 Å². The molecule has 0 fully saturated rings. The van der Waals surface area contributed by atoms with Gasteiger partial charge in [0.05, 0.1) is 0 Å². The quantitative estimate of drug-likeness (QED) is 0.663. The molecule has 0 spiro atoms. The fraction of sp³-hybridized carbons (Fsp3) is 0.0500. The van der Waals surface area contributed by atoms with Gasteiger partial charge in [0.1, 0.15) is 11.5 Å². The highest BCUT2D eigenvalue weighted by Gasteiger charge is 2.07. The number of ether oxygens (including phenoxy) is 1. The second-order valence-corrected chi connectivity index (χ2v) is 5.76. The van der Waals surface area contributed by atoms with Crippen LogP contribution in [0.2, 0.25) is 5.02 Å². The van der Waals surface area contributed by atoms with E-state index in [-0.39, 0.29) is 5.91 Å². The van der Waals surface area contributed by atoms with Crippen LogP contribution in [0.25, 0.3) is 0 Å². The van der Waals surface area contributed by atoms with Crippen LogP contribution < -0.4 is 10.1 Å². The molecule has 3 nitrogen and oxygen atoms in total. The van der Waals surface area contributed by atoms with Crippen LogP contribution in [0.15, 0.2) is 72.8 Å². The van der Waals surface area contributed by atoms with Gasteiger partial charge in [0.15, 0.2) is 0 Å². The molecule has 0 aliphatic rings. The Kier molecular flexibility index (Phi) is 4.82. The average Bonchev–Trinajstić information content (AvgIpc) is 2.60. The predicted molar refractivity (Wildman–Crippen MR) is 97.1 cm³/mol. The topological polar surface area (TPSA) is 38.3 Å². The third-order valence-corrected chi connectivity index (χ3v) is 3.93. The van der Waals surface area contributed by atoms with Crippen molar-refractivity contribution in [1.29, 1.82) is 0 Å². The number of hydrogen-bond donors (Lipinski definition) is 1. The molecule has 24 heavy (non-hydrogen) atoms. The molecule has 1 amide bonds. The van der Waals surface area contributed by atoms with E-state index in [2.05, 4.69) is 5.32 Å². The fourth-order valence-corrected chi connectivity index (χ4v) is 2.35. The summed E-state index contributed by atoms with van der Waals surface area (Å²) in [5.41, 5.74) is 2.18. The molecule has 1 N–H and O–H groups in total. The van der Waals surface area contributed by atoms with E-state index >= 15 is 0 Å². The molecule has 3 rings (SSSR count). The molecular weight excluding hydrogens is 322 g/mol. The van der Waals surface area contributed by atoms with Gasteiger partial charge < -0.3 is 10.1 Å². The smallest absolute Gasteiger partial charge is 0.255 e. The van der Waals surface area contributed by atoms with Gasteiger partial charge in [-0.25, -0.2) is 0 Å². The number of aryl methyl sites for hydroxylation is 1. The Hall–Kier alpha value is -2.78. The van der Waals surface area contributed by atoms with Crippen molar-refractivity contribution in [3.8, 4) is 11.5 Å². The van der Waals surface area contributed by atoms with E-state index in [1.807, 2.05) is 49.4 Å². The maximum atomic E-state index is 12.3. The molecule has 3 aromatic carbocycles. The molecule has 0 aliphatic carbocycles. The molecule has 0 aromatic heterocycles. The Bertz CT molecular complexity index is 845. The maximum absolute atomic E-state index is 12.3. The molecule has 0 radical (unpaired) electrons. The minimum atomic E-state index is -0.193. The average molecular weight is 338 g/mol. The SMILES string of the molecule is Cc1ccc(NC(=O)c2ccc(Oc3ccccc3)cc2)cc1Cl. The summed E-state index contributed by atoms with van der Waals surface area (Å²) < 4.78 is 5.71. The number of anilines is 1. The van der Waals surface area contributed by atoms with Gasteiger partial charge in [-0.05, 0) is 61.0 Å². The highest BCUT2D eigenvalue weighted by atomic mass is 35.5. The summed E-state index contributed by atoms with van der Waals surface area (Å²) in [6.07, 6.45) is 0. The lowest BCUT2D eigenvalue weighted by atomic mass is 10.2. The molecule has 0 heterocycles. The molecule has 0 atom stereocenters. The summed E-state index contributed by atoms with van der Waals surface area (Å²) in [5.74, 6) is 1.24. The summed E-state index contributed by atoms with van der Waals surface area (Å²) in [6, 6.07) is 21.9. The summed E-state index contributed by atoms with van der Waals surface area (Å²) in [5, 5.41) is 3.46. The maximum Gasteiger partial charge on any atom is 0.255 e. The molecule has 120 valence electrons. The monoisotopic (exact) mass is 337 g/mol. The zero-order valence-electron chi connectivity index (χ0n) is 13.1. The Labute approximate surface area is 145 Å². The lowest BCUT2D eigenvalue weighted by Crippen LogP contribution is -2.11. The molecule has 0 saturated heterocycles. The minimum Gasteiger partial charge on any atom is -0.457 e. The van der Waals surface area contributed by atoms with Gasteiger partial charge in [-0.2, -0.15) is 0 Å². The summed E-state index contributed by atoms with van der Waals surface area (Å²) >= 11 is 6.07. The van der Waals surface area contributed by atoms with Crippen LogP contribution in [0.4, 0.5) is 5.69 Å². The Morgan fingerprint density at radius 2 is 1.58 bits per heavy atom. The number of amides is 1. The molecule has 0 aliphatic heterocycles.